The Morgan fingerprint density at radius 1 is 1.09 bits per heavy atom. The zero-order valence-electron chi connectivity index (χ0n) is 5.53. The maximum Gasteiger partial charge on any atom is 0.332 e. The highest BCUT2D eigenvalue weighted by Gasteiger charge is 2.24. The first kappa shape index (κ1) is 8.13. The van der Waals surface area contributed by atoms with Crippen LogP contribution in [0.25, 0.3) is 0 Å². The fourth-order valence-corrected chi connectivity index (χ4v) is 1.92. The molecular weight excluding hydrogens is 168 g/mol. The first-order valence-electron chi connectivity index (χ1n) is 2.89. The van der Waals surface area contributed by atoms with E-state index in [-0.39, 0.29) is 11.1 Å². The van der Waals surface area contributed by atoms with Gasteiger partial charge >= 0.3 is 11.9 Å². The maximum absolute atomic E-state index is 10.4. The number of aliphatic carboxylic acids is 2. The number of carbonyl (C=O) groups is 2. The molecule has 0 spiro atoms. The smallest absolute Gasteiger partial charge is 0.332 e. The van der Waals surface area contributed by atoms with Crippen molar-refractivity contribution in [3.8, 4) is 0 Å². The third-order valence-electron chi connectivity index (χ3n) is 1.37. The number of carboxylic acid groups (broad SMARTS) is 2. The summed E-state index contributed by atoms with van der Waals surface area (Å²) in [5.41, 5.74) is 0.0602. The van der Waals surface area contributed by atoms with Crippen LogP contribution in [0.1, 0.15) is 0 Å². The van der Waals surface area contributed by atoms with E-state index in [1.807, 2.05) is 0 Å². The number of hydrogen-bond donors (Lipinski definition) is 2. The number of hydrogen-bond acceptors (Lipinski definition) is 3. The first-order chi connectivity index (χ1) is 5.13. The molecule has 2 N–H and O–H groups in total. The van der Waals surface area contributed by atoms with Gasteiger partial charge in [0.25, 0.3) is 0 Å². The highest BCUT2D eigenvalue weighted by atomic mass is 32.2. The molecule has 0 aromatic carbocycles. The Hall–Kier alpha value is -0.970. The standard InChI is InChI=1S/C6H6O4S/c7-5(8)3-1-11-2-4(3)6(9)10/h1-2H2,(H,7,8)(H,9,10). The second kappa shape index (κ2) is 2.96. The molecule has 0 bridgehead atoms. The molecule has 0 aromatic rings. The van der Waals surface area contributed by atoms with Crippen LogP contribution in [0.15, 0.2) is 11.1 Å². The number of carboxylic acids is 2. The van der Waals surface area contributed by atoms with Crippen molar-refractivity contribution >= 4 is 23.7 Å². The molecule has 1 heterocycles. The lowest BCUT2D eigenvalue weighted by Crippen LogP contribution is -2.09. The van der Waals surface area contributed by atoms with E-state index in [2.05, 4.69) is 0 Å². The zero-order valence-corrected chi connectivity index (χ0v) is 6.35. The first-order valence-corrected chi connectivity index (χ1v) is 4.04. The zero-order chi connectivity index (χ0) is 8.43. The van der Waals surface area contributed by atoms with Crippen LogP contribution < -0.4 is 0 Å². The van der Waals surface area contributed by atoms with Crippen molar-refractivity contribution in [2.75, 3.05) is 11.5 Å². The Kier molecular flexibility index (Phi) is 2.19. The predicted molar refractivity (Wildman–Crippen MR) is 39.6 cm³/mol. The maximum atomic E-state index is 10.4. The van der Waals surface area contributed by atoms with E-state index < -0.39 is 11.9 Å². The van der Waals surface area contributed by atoms with Crippen LogP contribution in [0.2, 0.25) is 0 Å². The van der Waals surface area contributed by atoms with E-state index in [4.69, 9.17) is 10.2 Å². The van der Waals surface area contributed by atoms with E-state index >= 15 is 0 Å². The SMILES string of the molecule is O=C(O)C1=C(C(=O)O)CSC1. The van der Waals surface area contributed by atoms with Crippen LogP contribution in [0.5, 0.6) is 0 Å². The van der Waals surface area contributed by atoms with Gasteiger partial charge in [0.2, 0.25) is 0 Å². The van der Waals surface area contributed by atoms with E-state index in [0.717, 1.165) is 0 Å². The fourth-order valence-electron chi connectivity index (χ4n) is 0.811. The molecule has 0 aromatic heterocycles. The lowest BCUT2D eigenvalue weighted by atomic mass is 10.1. The largest absolute Gasteiger partial charge is 0.478 e. The van der Waals surface area contributed by atoms with Gasteiger partial charge in [-0.05, 0) is 0 Å². The van der Waals surface area contributed by atoms with Crippen LogP contribution in [-0.2, 0) is 9.59 Å². The third-order valence-corrected chi connectivity index (χ3v) is 2.36. The summed E-state index contributed by atoms with van der Waals surface area (Å²) in [5, 5.41) is 17.0. The van der Waals surface area contributed by atoms with Gasteiger partial charge in [0, 0.05) is 11.5 Å². The second-order valence-corrected chi connectivity index (χ2v) is 3.05. The van der Waals surface area contributed by atoms with Crippen molar-refractivity contribution in [2.45, 2.75) is 0 Å². The van der Waals surface area contributed by atoms with Crippen molar-refractivity contribution in [1.29, 1.82) is 0 Å². The summed E-state index contributed by atoms with van der Waals surface area (Å²) in [5.74, 6) is -1.63. The van der Waals surface area contributed by atoms with Gasteiger partial charge in [-0.15, -0.1) is 0 Å². The summed E-state index contributed by atoms with van der Waals surface area (Å²) in [6.07, 6.45) is 0. The lowest BCUT2D eigenvalue weighted by Gasteiger charge is -1.93. The van der Waals surface area contributed by atoms with E-state index in [1.54, 1.807) is 0 Å². The van der Waals surface area contributed by atoms with Crippen LogP contribution in [0, 0.1) is 0 Å². The molecule has 1 aliphatic rings. The predicted octanol–water partition coefficient (Wildman–Crippen LogP) is 0.199. The summed E-state index contributed by atoms with van der Waals surface area (Å²) in [6.45, 7) is 0. The molecule has 0 aliphatic carbocycles. The summed E-state index contributed by atoms with van der Waals surface area (Å²) in [4.78, 5) is 20.8. The summed E-state index contributed by atoms with van der Waals surface area (Å²) < 4.78 is 0. The van der Waals surface area contributed by atoms with Crippen molar-refractivity contribution in [2.24, 2.45) is 0 Å². The number of thioether (sulfide) groups is 1. The minimum absolute atomic E-state index is 0.0301. The van der Waals surface area contributed by atoms with E-state index in [1.165, 1.54) is 11.8 Å². The quantitative estimate of drug-likeness (QED) is 0.625. The summed E-state index contributed by atoms with van der Waals surface area (Å²) in [7, 11) is 0. The lowest BCUT2D eigenvalue weighted by molar-refractivity contribution is -0.135. The molecule has 1 rings (SSSR count). The Labute approximate surface area is 66.9 Å². The van der Waals surface area contributed by atoms with Crippen LogP contribution in [0.4, 0.5) is 0 Å². The molecule has 0 amide bonds. The van der Waals surface area contributed by atoms with Gasteiger partial charge in [0.1, 0.15) is 0 Å². The molecule has 0 fully saturated rings. The van der Waals surface area contributed by atoms with Gasteiger partial charge in [-0.2, -0.15) is 11.8 Å². The highest BCUT2D eigenvalue weighted by Crippen LogP contribution is 2.24. The van der Waals surface area contributed by atoms with Crippen molar-refractivity contribution < 1.29 is 19.8 Å². The topological polar surface area (TPSA) is 74.6 Å². The van der Waals surface area contributed by atoms with Crippen LogP contribution in [0.3, 0.4) is 0 Å². The van der Waals surface area contributed by atoms with Gasteiger partial charge in [-0.3, -0.25) is 0 Å². The molecule has 0 saturated heterocycles. The molecule has 4 nitrogen and oxygen atoms in total. The molecule has 5 heteroatoms. The van der Waals surface area contributed by atoms with Crippen molar-refractivity contribution in [1.82, 2.24) is 0 Å². The normalized spacial score (nSPS) is 17.1. The summed E-state index contributed by atoms with van der Waals surface area (Å²) >= 11 is 1.31. The average Bonchev–Trinajstić information content (AvgIpc) is 2.32. The molecule has 0 radical (unpaired) electrons. The highest BCUT2D eigenvalue weighted by molar-refractivity contribution is 8.00. The van der Waals surface area contributed by atoms with Gasteiger partial charge in [-0.1, -0.05) is 0 Å². The molecule has 0 saturated carbocycles. The minimum Gasteiger partial charge on any atom is -0.478 e. The second-order valence-electron chi connectivity index (χ2n) is 2.06. The Morgan fingerprint density at radius 2 is 1.45 bits per heavy atom. The van der Waals surface area contributed by atoms with Gasteiger partial charge in [0.05, 0.1) is 11.1 Å². The van der Waals surface area contributed by atoms with Crippen molar-refractivity contribution in [3.63, 3.8) is 0 Å². The average molecular weight is 174 g/mol. The molecule has 0 atom stereocenters. The Morgan fingerprint density at radius 3 is 1.73 bits per heavy atom. The van der Waals surface area contributed by atoms with Gasteiger partial charge < -0.3 is 10.2 Å². The Bertz CT molecular complexity index is 219. The number of rotatable bonds is 2. The van der Waals surface area contributed by atoms with Gasteiger partial charge in [-0.25, -0.2) is 9.59 Å². The molecule has 1 aliphatic heterocycles. The third kappa shape index (κ3) is 1.54. The van der Waals surface area contributed by atoms with Crippen LogP contribution >= 0.6 is 11.8 Å². The van der Waals surface area contributed by atoms with E-state index in [9.17, 15) is 9.59 Å². The van der Waals surface area contributed by atoms with Crippen molar-refractivity contribution in [3.05, 3.63) is 11.1 Å². The molecule has 0 unspecified atom stereocenters. The van der Waals surface area contributed by atoms with Gasteiger partial charge in [0.15, 0.2) is 0 Å². The fraction of sp³-hybridized carbons (Fsp3) is 0.333. The minimum atomic E-state index is -1.12. The molecule has 60 valence electrons. The Balaban J connectivity index is 2.95. The summed E-state index contributed by atoms with van der Waals surface area (Å²) in [6, 6.07) is 0. The monoisotopic (exact) mass is 174 g/mol. The van der Waals surface area contributed by atoms with E-state index in [0.29, 0.717) is 11.5 Å². The molecule has 11 heavy (non-hydrogen) atoms. The molecular formula is C6H6O4S. The van der Waals surface area contributed by atoms with Crippen LogP contribution in [-0.4, -0.2) is 33.7 Å².